The highest BCUT2D eigenvalue weighted by atomic mass is 32.1. The summed E-state index contributed by atoms with van der Waals surface area (Å²) < 4.78 is 0. The summed E-state index contributed by atoms with van der Waals surface area (Å²) in [5, 5.41) is 3.86. The van der Waals surface area contributed by atoms with Crippen molar-refractivity contribution in [2.75, 3.05) is 32.5 Å². The average Bonchev–Trinajstić information content (AvgIpc) is 2.89. The van der Waals surface area contributed by atoms with Crippen LogP contribution < -0.4 is 5.32 Å². The van der Waals surface area contributed by atoms with Crippen LogP contribution in [0.2, 0.25) is 0 Å². The molecule has 22 heavy (non-hydrogen) atoms. The average molecular weight is 318 g/mol. The Hall–Kier alpha value is -1.92. The standard InChI is InChI=1S/C16H22N4OS/c1-13-4-5-15(22-13)18-16(21)20(11-10-19(2)3)12-14-6-8-17-9-7-14/h4-9H,10-12H2,1-3H3,(H,18,21). The Morgan fingerprint density at radius 2 is 1.91 bits per heavy atom. The second-order valence-corrected chi connectivity index (χ2v) is 6.71. The molecule has 2 aromatic rings. The number of rotatable bonds is 6. The van der Waals surface area contributed by atoms with Gasteiger partial charge in [0.2, 0.25) is 0 Å². The van der Waals surface area contributed by atoms with Crippen LogP contribution in [-0.4, -0.2) is 48.0 Å². The molecule has 0 saturated heterocycles. The minimum absolute atomic E-state index is 0.0690. The molecule has 0 aliphatic rings. The number of amides is 2. The number of anilines is 1. The molecule has 0 saturated carbocycles. The normalized spacial score (nSPS) is 10.7. The first-order valence-electron chi connectivity index (χ1n) is 7.20. The highest BCUT2D eigenvalue weighted by Gasteiger charge is 2.15. The molecule has 0 fully saturated rings. The predicted molar refractivity (Wildman–Crippen MR) is 91.3 cm³/mol. The topological polar surface area (TPSA) is 48.5 Å². The minimum atomic E-state index is -0.0690. The summed E-state index contributed by atoms with van der Waals surface area (Å²) in [6.07, 6.45) is 3.50. The van der Waals surface area contributed by atoms with E-state index < -0.39 is 0 Å². The fourth-order valence-corrected chi connectivity index (χ4v) is 2.73. The number of carbonyl (C=O) groups is 1. The Bertz CT molecular complexity index is 597. The fraction of sp³-hybridized carbons (Fsp3) is 0.375. The smallest absolute Gasteiger partial charge is 0.319 e. The van der Waals surface area contributed by atoms with Gasteiger partial charge in [0.25, 0.3) is 0 Å². The van der Waals surface area contributed by atoms with Crippen molar-refractivity contribution in [3.8, 4) is 0 Å². The molecule has 0 radical (unpaired) electrons. The molecule has 0 aliphatic carbocycles. The second-order valence-electron chi connectivity index (χ2n) is 5.42. The van der Waals surface area contributed by atoms with Crippen molar-refractivity contribution in [1.29, 1.82) is 0 Å². The van der Waals surface area contributed by atoms with E-state index in [1.807, 2.05) is 50.2 Å². The van der Waals surface area contributed by atoms with Crippen LogP contribution in [0.25, 0.3) is 0 Å². The van der Waals surface area contributed by atoms with Gasteiger partial charge in [-0.15, -0.1) is 11.3 Å². The molecule has 0 unspecified atom stereocenters. The van der Waals surface area contributed by atoms with Gasteiger partial charge < -0.3 is 9.80 Å². The van der Waals surface area contributed by atoms with Gasteiger partial charge in [0.1, 0.15) is 0 Å². The lowest BCUT2D eigenvalue weighted by atomic mass is 10.2. The fourth-order valence-electron chi connectivity index (χ4n) is 1.97. The predicted octanol–water partition coefficient (Wildman–Crippen LogP) is 3.05. The zero-order valence-electron chi connectivity index (χ0n) is 13.2. The molecule has 2 heterocycles. The Morgan fingerprint density at radius 1 is 1.18 bits per heavy atom. The third-order valence-electron chi connectivity index (χ3n) is 3.20. The highest BCUT2D eigenvalue weighted by molar-refractivity contribution is 7.16. The van der Waals surface area contributed by atoms with E-state index in [2.05, 4.69) is 15.2 Å². The lowest BCUT2D eigenvalue weighted by Crippen LogP contribution is -2.38. The summed E-state index contributed by atoms with van der Waals surface area (Å²) >= 11 is 1.59. The van der Waals surface area contributed by atoms with Gasteiger partial charge in [-0.3, -0.25) is 10.3 Å². The van der Waals surface area contributed by atoms with Crippen LogP contribution in [0.1, 0.15) is 10.4 Å². The van der Waals surface area contributed by atoms with Crippen LogP contribution in [0.5, 0.6) is 0 Å². The SMILES string of the molecule is Cc1ccc(NC(=O)N(CCN(C)C)Cc2ccncc2)s1. The summed E-state index contributed by atoms with van der Waals surface area (Å²) in [4.78, 5) is 21.6. The maximum Gasteiger partial charge on any atom is 0.322 e. The van der Waals surface area contributed by atoms with Gasteiger partial charge >= 0.3 is 6.03 Å². The minimum Gasteiger partial charge on any atom is -0.319 e. The summed E-state index contributed by atoms with van der Waals surface area (Å²) in [7, 11) is 4.01. The molecule has 2 aromatic heterocycles. The molecule has 1 N–H and O–H groups in total. The third kappa shape index (κ3) is 5.13. The lowest BCUT2D eigenvalue weighted by Gasteiger charge is -2.24. The number of nitrogens with zero attached hydrogens (tertiary/aromatic N) is 3. The van der Waals surface area contributed by atoms with Gasteiger partial charge in [-0.2, -0.15) is 0 Å². The van der Waals surface area contributed by atoms with E-state index >= 15 is 0 Å². The van der Waals surface area contributed by atoms with Gasteiger partial charge in [0.15, 0.2) is 0 Å². The van der Waals surface area contributed by atoms with Gasteiger partial charge in [-0.1, -0.05) is 0 Å². The number of pyridine rings is 1. The Labute approximate surface area is 135 Å². The highest BCUT2D eigenvalue weighted by Crippen LogP contribution is 2.21. The van der Waals surface area contributed by atoms with Crippen molar-refractivity contribution in [3.05, 3.63) is 47.1 Å². The largest absolute Gasteiger partial charge is 0.322 e. The summed E-state index contributed by atoms with van der Waals surface area (Å²) in [6, 6.07) is 7.75. The van der Waals surface area contributed by atoms with Crippen LogP contribution in [0.4, 0.5) is 9.80 Å². The van der Waals surface area contributed by atoms with E-state index in [1.165, 1.54) is 4.88 Å². The number of aromatic nitrogens is 1. The van der Waals surface area contributed by atoms with E-state index in [0.717, 1.165) is 17.1 Å². The first kappa shape index (κ1) is 16.5. The molecule has 0 atom stereocenters. The number of likely N-dealkylation sites (N-methyl/N-ethyl adjacent to an activating group) is 1. The van der Waals surface area contributed by atoms with Gasteiger partial charge in [0.05, 0.1) is 5.00 Å². The van der Waals surface area contributed by atoms with Crippen LogP contribution in [0.15, 0.2) is 36.7 Å². The number of thiophene rings is 1. The summed E-state index contributed by atoms with van der Waals surface area (Å²) in [6.45, 7) is 4.10. The molecule has 118 valence electrons. The molecule has 5 nitrogen and oxygen atoms in total. The number of urea groups is 1. The summed E-state index contributed by atoms with van der Waals surface area (Å²) in [5.41, 5.74) is 1.08. The molecular formula is C16H22N4OS. The van der Waals surface area contributed by atoms with Gasteiger partial charge in [0, 0.05) is 36.9 Å². The van der Waals surface area contributed by atoms with E-state index in [0.29, 0.717) is 13.1 Å². The zero-order chi connectivity index (χ0) is 15.9. The van der Waals surface area contributed by atoms with E-state index in [4.69, 9.17) is 0 Å². The molecule has 2 rings (SSSR count). The Morgan fingerprint density at radius 3 is 2.50 bits per heavy atom. The molecule has 6 heteroatoms. The van der Waals surface area contributed by atoms with Gasteiger partial charge in [-0.05, 0) is 50.8 Å². The van der Waals surface area contributed by atoms with Crippen molar-refractivity contribution in [2.45, 2.75) is 13.5 Å². The molecule has 2 amide bonds. The quantitative estimate of drug-likeness (QED) is 0.890. The number of hydrogen-bond acceptors (Lipinski definition) is 4. The number of carbonyl (C=O) groups excluding carboxylic acids is 1. The summed E-state index contributed by atoms with van der Waals surface area (Å²) in [5.74, 6) is 0. The van der Waals surface area contributed by atoms with Crippen LogP contribution in [0, 0.1) is 6.92 Å². The molecule has 0 spiro atoms. The molecule has 0 bridgehead atoms. The van der Waals surface area contributed by atoms with Crippen LogP contribution in [-0.2, 0) is 6.54 Å². The zero-order valence-corrected chi connectivity index (χ0v) is 14.1. The van der Waals surface area contributed by atoms with Crippen molar-refractivity contribution < 1.29 is 4.79 Å². The first-order chi connectivity index (χ1) is 10.5. The van der Waals surface area contributed by atoms with E-state index in [1.54, 1.807) is 23.7 Å². The molecule has 0 aromatic carbocycles. The van der Waals surface area contributed by atoms with Gasteiger partial charge in [-0.25, -0.2) is 4.79 Å². The maximum atomic E-state index is 12.5. The third-order valence-corrected chi connectivity index (χ3v) is 4.11. The Kier molecular flexibility index (Phi) is 5.91. The second kappa shape index (κ2) is 7.91. The van der Waals surface area contributed by atoms with Crippen molar-refractivity contribution in [1.82, 2.24) is 14.8 Å². The monoisotopic (exact) mass is 318 g/mol. The number of hydrogen-bond donors (Lipinski definition) is 1. The van der Waals surface area contributed by atoms with Crippen LogP contribution in [0.3, 0.4) is 0 Å². The Balaban J connectivity index is 2.03. The van der Waals surface area contributed by atoms with Crippen molar-refractivity contribution >= 4 is 22.4 Å². The molecular weight excluding hydrogens is 296 g/mol. The molecule has 0 aliphatic heterocycles. The number of nitrogens with one attached hydrogen (secondary N) is 1. The van der Waals surface area contributed by atoms with Crippen molar-refractivity contribution in [3.63, 3.8) is 0 Å². The van der Waals surface area contributed by atoms with Crippen molar-refractivity contribution in [2.24, 2.45) is 0 Å². The maximum absolute atomic E-state index is 12.5. The van der Waals surface area contributed by atoms with E-state index in [9.17, 15) is 4.79 Å². The van der Waals surface area contributed by atoms with Crippen LogP contribution >= 0.6 is 11.3 Å². The number of aryl methyl sites for hydroxylation is 1. The first-order valence-corrected chi connectivity index (χ1v) is 8.02. The van der Waals surface area contributed by atoms with E-state index in [-0.39, 0.29) is 6.03 Å². The lowest BCUT2D eigenvalue weighted by molar-refractivity contribution is 0.202.